The summed E-state index contributed by atoms with van der Waals surface area (Å²) in [6.07, 6.45) is 5.11. The van der Waals surface area contributed by atoms with Crippen molar-refractivity contribution in [3.63, 3.8) is 0 Å². The van der Waals surface area contributed by atoms with E-state index in [1.807, 2.05) is 24.3 Å². The van der Waals surface area contributed by atoms with Crippen LogP contribution in [0.5, 0.6) is 5.75 Å². The van der Waals surface area contributed by atoms with Gasteiger partial charge in [0.15, 0.2) is 6.61 Å². The Morgan fingerprint density at radius 2 is 1.86 bits per heavy atom. The molecule has 4 nitrogen and oxygen atoms in total. The van der Waals surface area contributed by atoms with Crippen LogP contribution in [0.25, 0.3) is 0 Å². The van der Waals surface area contributed by atoms with Crippen LogP contribution in [0.2, 0.25) is 0 Å². The lowest BCUT2D eigenvalue weighted by Gasteiger charge is -2.31. The number of anilines is 1. The normalized spacial score (nSPS) is 22.0. The summed E-state index contributed by atoms with van der Waals surface area (Å²) in [4.78, 5) is 10.7. The van der Waals surface area contributed by atoms with Crippen LogP contribution in [-0.2, 0) is 4.79 Å². The van der Waals surface area contributed by atoms with Crippen molar-refractivity contribution in [2.24, 2.45) is 17.6 Å². The summed E-state index contributed by atoms with van der Waals surface area (Å²) in [5.41, 5.74) is 6.16. The summed E-state index contributed by atoms with van der Waals surface area (Å²) < 4.78 is 5.25. The van der Waals surface area contributed by atoms with Gasteiger partial charge in [-0.3, -0.25) is 4.79 Å². The molecule has 116 valence electrons. The highest BCUT2D eigenvalue weighted by molar-refractivity contribution is 5.75. The van der Waals surface area contributed by atoms with Gasteiger partial charge in [-0.15, -0.1) is 0 Å². The third kappa shape index (κ3) is 4.96. The second kappa shape index (κ2) is 7.34. The van der Waals surface area contributed by atoms with Crippen LogP contribution in [0.3, 0.4) is 0 Å². The maximum atomic E-state index is 10.7. The van der Waals surface area contributed by atoms with E-state index in [0.717, 1.165) is 17.5 Å². The van der Waals surface area contributed by atoms with Gasteiger partial charge in [-0.25, -0.2) is 0 Å². The maximum Gasteiger partial charge on any atom is 0.255 e. The smallest absolute Gasteiger partial charge is 0.255 e. The fourth-order valence-electron chi connectivity index (χ4n) is 2.97. The molecular weight excluding hydrogens is 264 g/mol. The fraction of sp³-hybridized carbons (Fsp3) is 0.588. The van der Waals surface area contributed by atoms with Gasteiger partial charge in [-0.2, -0.15) is 0 Å². The SMILES string of the molecule is CC(C)C1CCC(Nc2ccc(OCC(N)=O)cc2)CC1. The lowest BCUT2D eigenvalue weighted by atomic mass is 9.79. The lowest BCUT2D eigenvalue weighted by Crippen LogP contribution is -2.27. The number of nitrogens with one attached hydrogen (secondary N) is 1. The highest BCUT2D eigenvalue weighted by atomic mass is 16.5. The molecule has 4 heteroatoms. The van der Waals surface area contributed by atoms with Crippen LogP contribution in [0.15, 0.2) is 24.3 Å². The number of hydrogen-bond acceptors (Lipinski definition) is 3. The second-order valence-corrected chi connectivity index (χ2v) is 6.28. The Labute approximate surface area is 127 Å². The van der Waals surface area contributed by atoms with E-state index in [2.05, 4.69) is 19.2 Å². The highest BCUT2D eigenvalue weighted by Crippen LogP contribution is 2.31. The zero-order valence-corrected chi connectivity index (χ0v) is 13.0. The van der Waals surface area contributed by atoms with Crippen molar-refractivity contribution in [1.29, 1.82) is 0 Å². The molecule has 0 bridgehead atoms. The molecule has 0 unspecified atom stereocenters. The number of hydrogen-bond donors (Lipinski definition) is 2. The molecule has 0 heterocycles. The third-order valence-electron chi connectivity index (χ3n) is 4.32. The summed E-state index contributed by atoms with van der Waals surface area (Å²) in [5.74, 6) is 1.89. The Hall–Kier alpha value is -1.71. The molecule has 1 aromatic rings. The fourth-order valence-corrected chi connectivity index (χ4v) is 2.97. The van der Waals surface area contributed by atoms with Crippen LogP contribution in [0.1, 0.15) is 39.5 Å². The minimum atomic E-state index is -0.459. The van der Waals surface area contributed by atoms with E-state index in [-0.39, 0.29) is 6.61 Å². The number of rotatable bonds is 6. The Bertz CT molecular complexity index is 448. The Morgan fingerprint density at radius 1 is 1.24 bits per heavy atom. The van der Waals surface area contributed by atoms with Gasteiger partial charge in [0.2, 0.25) is 0 Å². The second-order valence-electron chi connectivity index (χ2n) is 6.28. The molecule has 21 heavy (non-hydrogen) atoms. The Balaban J connectivity index is 1.80. The molecule has 1 amide bonds. The number of carbonyl (C=O) groups is 1. The number of ether oxygens (including phenoxy) is 1. The molecule has 1 aliphatic rings. The number of primary amides is 1. The number of carbonyl (C=O) groups excluding carboxylic acids is 1. The average molecular weight is 290 g/mol. The first-order valence-corrected chi connectivity index (χ1v) is 7.82. The summed E-state index contributed by atoms with van der Waals surface area (Å²) in [6.45, 7) is 4.57. The van der Waals surface area contributed by atoms with E-state index in [1.54, 1.807) is 0 Å². The average Bonchev–Trinajstić information content (AvgIpc) is 2.47. The van der Waals surface area contributed by atoms with Crippen molar-refractivity contribution < 1.29 is 9.53 Å². The van der Waals surface area contributed by atoms with Gasteiger partial charge in [0.05, 0.1) is 0 Å². The van der Waals surface area contributed by atoms with Crippen molar-refractivity contribution in [3.05, 3.63) is 24.3 Å². The van der Waals surface area contributed by atoms with E-state index in [4.69, 9.17) is 10.5 Å². The lowest BCUT2D eigenvalue weighted by molar-refractivity contribution is -0.119. The van der Waals surface area contributed by atoms with Gasteiger partial charge < -0.3 is 15.8 Å². The van der Waals surface area contributed by atoms with Crippen LogP contribution in [0.4, 0.5) is 5.69 Å². The third-order valence-corrected chi connectivity index (χ3v) is 4.32. The van der Waals surface area contributed by atoms with Gasteiger partial charge in [0, 0.05) is 11.7 Å². The van der Waals surface area contributed by atoms with E-state index >= 15 is 0 Å². The number of amides is 1. The zero-order chi connectivity index (χ0) is 15.2. The van der Waals surface area contributed by atoms with Gasteiger partial charge in [-0.05, 0) is 61.8 Å². The van der Waals surface area contributed by atoms with Gasteiger partial charge in [0.25, 0.3) is 5.91 Å². The predicted molar refractivity (Wildman–Crippen MR) is 85.3 cm³/mol. The molecule has 1 fully saturated rings. The molecule has 1 saturated carbocycles. The van der Waals surface area contributed by atoms with E-state index < -0.39 is 5.91 Å². The first-order valence-electron chi connectivity index (χ1n) is 7.82. The predicted octanol–water partition coefficient (Wildman–Crippen LogP) is 3.18. The van der Waals surface area contributed by atoms with Crippen molar-refractivity contribution in [1.82, 2.24) is 0 Å². The molecular formula is C17H26N2O2. The molecule has 1 aliphatic carbocycles. The van der Waals surface area contributed by atoms with Crippen molar-refractivity contribution in [2.75, 3.05) is 11.9 Å². The van der Waals surface area contributed by atoms with Crippen molar-refractivity contribution in [3.8, 4) is 5.75 Å². The minimum absolute atomic E-state index is 0.0774. The van der Waals surface area contributed by atoms with Gasteiger partial charge in [-0.1, -0.05) is 13.8 Å². The standard InChI is InChI=1S/C17H26N2O2/c1-12(2)13-3-5-14(6-4-13)19-15-7-9-16(10-8-15)21-11-17(18)20/h7-10,12-14,19H,3-6,11H2,1-2H3,(H2,18,20). The number of benzene rings is 1. The van der Waals surface area contributed by atoms with Crippen LogP contribution >= 0.6 is 0 Å². The molecule has 0 aromatic heterocycles. The Morgan fingerprint density at radius 3 is 2.38 bits per heavy atom. The van der Waals surface area contributed by atoms with Crippen molar-refractivity contribution >= 4 is 11.6 Å². The van der Waals surface area contributed by atoms with Gasteiger partial charge >= 0.3 is 0 Å². The molecule has 0 atom stereocenters. The summed E-state index contributed by atoms with van der Waals surface area (Å²) >= 11 is 0. The van der Waals surface area contributed by atoms with Crippen LogP contribution < -0.4 is 15.8 Å². The van der Waals surface area contributed by atoms with Crippen LogP contribution in [-0.4, -0.2) is 18.6 Å². The first kappa shape index (κ1) is 15.7. The first-order chi connectivity index (χ1) is 10.0. The monoisotopic (exact) mass is 290 g/mol. The molecule has 0 aliphatic heterocycles. The molecule has 2 rings (SSSR count). The largest absolute Gasteiger partial charge is 0.484 e. The Kier molecular flexibility index (Phi) is 5.48. The summed E-state index contributed by atoms with van der Waals surface area (Å²) in [5, 5.41) is 3.59. The summed E-state index contributed by atoms with van der Waals surface area (Å²) in [7, 11) is 0. The molecule has 1 aromatic carbocycles. The topological polar surface area (TPSA) is 64.3 Å². The number of nitrogens with two attached hydrogens (primary N) is 1. The quantitative estimate of drug-likeness (QED) is 0.845. The maximum absolute atomic E-state index is 10.7. The molecule has 3 N–H and O–H groups in total. The van der Waals surface area contributed by atoms with E-state index in [1.165, 1.54) is 25.7 Å². The van der Waals surface area contributed by atoms with Crippen LogP contribution in [0, 0.1) is 11.8 Å². The van der Waals surface area contributed by atoms with Gasteiger partial charge in [0.1, 0.15) is 5.75 Å². The highest BCUT2D eigenvalue weighted by Gasteiger charge is 2.22. The van der Waals surface area contributed by atoms with Crippen molar-refractivity contribution in [2.45, 2.75) is 45.6 Å². The minimum Gasteiger partial charge on any atom is -0.484 e. The molecule has 0 spiro atoms. The van der Waals surface area contributed by atoms with E-state index in [9.17, 15) is 4.79 Å². The summed E-state index contributed by atoms with van der Waals surface area (Å²) in [6, 6.07) is 8.28. The van der Waals surface area contributed by atoms with E-state index in [0.29, 0.717) is 11.8 Å². The molecule has 0 radical (unpaired) electrons. The zero-order valence-electron chi connectivity index (χ0n) is 13.0. The molecule has 0 saturated heterocycles.